The van der Waals surface area contributed by atoms with Crippen LogP contribution in [0.25, 0.3) is 11.4 Å². The van der Waals surface area contributed by atoms with E-state index in [-0.39, 0.29) is 12.5 Å². The second kappa shape index (κ2) is 8.69. The van der Waals surface area contributed by atoms with Crippen LogP contribution in [-0.4, -0.2) is 22.2 Å². The minimum Gasteiger partial charge on any atom is -0.480 e. The van der Waals surface area contributed by atoms with Crippen LogP contribution in [0, 0.1) is 20.8 Å². The van der Waals surface area contributed by atoms with Gasteiger partial charge >= 0.3 is 0 Å². The van der Waals surface area contributed by atoms with E-state index in [4.69, 9.17) is 9.26 Å². The van der Waals surface area contributed by atoms with Gasteiger partial charge in [0.25, 0.3) is 5.91 Å². The fourth-order valence-corrected chi connectivity index (χ4v) is 2.73. The van der Waals surface area contributed by atoms with Gasteiger partial charge in [0.05, 0.1) is 6.54 Å². The van der Waals surface area contributed by atoms with Crippen LogP contribution in [0.1, 0.15) is 35.9 Å². The lowest BCUT2D eigenvalue weighted by molar-refractivity contribution is -0.128. The fourth-order valence-electron chi connectivity index (χ4n) is 2.73. The first-order chi connectivity index (χ1) is 13.5. The molecule has 0 spiro atoms. The van der Waals surface area contributed by atoms with Gasteiger partial charge in [0, 0.05) is 5.56 Å². The number of ether oxygens (including phenoxy) is 1. The molecule has 1 aromatic heterocycles. The first kappa shape index (κ1) is 19.6. The topological polar surface area (TPSA) is 77.2 Å². The predicted octanol–water partition coefficient (Wildman–Crippen LogP) is 4.14. The SMILES string of the molecule is CC[C@@H](Oc1cc(C)ccc1C)C(=O)NCc1nc(-c2ccc(C)cc2)no1. The van der Waals surface area contributed by atoms with Crippen LogP contribution >= 0.6 is 0 Å². The number of rotatable bonds is 7. The van der Waals surface area contributed by atoms with Gasteiger partial charge in [-0.1, -0.05) is 54.0 Å². The zero-order chi connectivity index (χ0) is 20.1. The molecule has 1 N–H and O–H groups in total. The van der Waals surface area contributed by atoms with Crippen LogP contribution in [0.4, 0.5) is 0 Å². The Labute approximate surface area is 164 Å². The lowest BCUT2D eigenvalue weighted by atomic mass is 10.1. The Balaban J connectivity index is 1.61. The fraction of sp³-hybridized carbons (Fsp3) is 0.318. The average Bonchev–Trinajstić information content (AvgIpc) is 3.16. The molecule has 28 heavy (non-hydrogen) atoms. The van der Waals surface area contributed by atoms with E-state index < -0.39 is 6.10 Å². The van der Waals surface area contributed by atoms with Gasteiger partial charge in [0.15, 0.2) is 6.10 Å². The Morgan fingerprint density at radius 1 is 1.11 bits per heavy atom. The standard InChI is InChI=1S/C22H25N3O3/c1-5-18(27-19-12-15(3)6-9-16(19)4)22(26)23-13-20-24-21(25-28-20)17-10-7-14(2)8-11-17/h6-12,18H,5,13H2,1-4H3,(H,23,26)/t18-/m1/s1. The summed E-state index contributed by atoms with van der Waals surface area (Å²) in [6.07, 6.45) is -0.0301. The molecule has 0 radical (unpaired) electrons. The summed E-state index contributed by atoms with van der Waals surface area (Å²) in [5.41, 5.74) is 4.12. The van der Waals surface area contributed by atoms with Crippen LogP contribution < -0.4 is 10.1 Å². The maximum absolute atomic E-state index is 12.5. The molecule has 0 aliphatic heterocycles. The van der Waals surface area contributed by atoms with Crippen molar-refractivity contribution in [3.63, 3.8) is 0 Å². The monoisotopic (exact) mass is 379 g/mol. The zero-order valence-corrected chi connectivity index (χ0v) is 16.7. The van der Waals surface area contributed by atoms with E-state index in [0.717, 1.165) is 28.0 Å². The van der Waals surface area contributed by atoms with Gasteiger partial charge in [-0.15, -0.1) is 0 Å². The molecule has 3 aromatic rings. The number of nitrogens with zero attached hydrogens (tertiary/aromatic N) is 2. The summed E-state index contributed by atoms with van der Waals surface area (Å²) in [6, 6.07) is 13.8. The minimum absolute atomic E-state index is 0.157. The van der Waals surface area contributed by atoms with Crippen molar-refractivity contribution >= 4 is 5.91 Å². The van der Waals surface area contributed by atoms with Crippen molar-refractivity contribution in [1.29, 1.82) is 0 Å². The molecule has 0 unspecified atom stereocenters. The van der Waals surface area contributed by atoms with Crippen LogP contribution in [0.2, 0.25) is 0 Å². The van der Waals surface area contributed by atoms with Gasteiger partial charge in [-0.25, -0.2) is 0 Å². The molecule has 3 rings (SSSR count). The van der Waals surface area contributed by atoms with Crippen molar-refractivity contribution in [3.8, 4) is 17.1 Å². The van der Waals surface area contributed by atoms with Crippen molar-refractivity contribution in [2.75, 3.05) is 0 Å². The Morgan fingerprint density at radius 2 is 1.82 bits per heavy atom. The van der Waals surface area contributed by atoms with Gasteiger partial charge in [-0.3, -0.25) is 4.79 Å². The molecule has 0 saturated heterocycles. The molecule has 6 heteroatoms. The Bertz CT molecular complexity index is 948. The molecule has 146 valence electrons. The summed E-state index contributed by atoms with van der Waals surface area (Å²) in [5, 5.41) is 6.80. The Hall–Kier alpha value is -3.15. The summed E-state index contributed by atoms with van der Waals surface area (Å²) in [6.45, 7) is 8.05. The van der Waals surface area contributed by atoms with Crippen molar-refractivity contribution in [2.24, 2.45) is 0 Å². The number of amides is 1. The number of carbonyl (C=O) groups is 1. The summed E-state index contributed by atoms with van der Waals surface area (Å²) < 4.78 is 11.2. The number of benzene rings is 2. The molecular weight excluding hydrogens is 354 g/mol. The molecule has 1 atom stereocenters. The number of nitrogens with one attached hydrogen (secondary N) is 1. The van der Waals surface area contributed by atoms with Crippen LogP contribution in [0.5, 0.6) is 5.75 Å². The van der Waals surface area contributed by atoms with E-state index in [1.165, 1.54) is 0 Å². The van der Waals surface area contributed by atoms with Gasteiger partial charge in [0.1, 0.15) is 5.75 Å². The van der Waals surface area contributed by atoms with Crippen molar-refractivity contribution in [1.82, 2.24) is 15.5 Å². The molecule has 1 heterocycles. The van der Waals surface area contributed by atoms with Crippen molar-refractivity contribution < 1.29 is 14.1 Å². The van der Waals surface area contributed by atoms with Crippen LogP contribution in [0.3, 0.4) is 0 Å². The molecule has 6 nitrogen and oxygen atoms in total. The highest BCUT2D eigenvalue weighted by Gasteiger charge is 2.20. The Morgan fingerprint density at radius 3 is 2.54 bits per heavy atom. The third kappa shape index (κ3) is 4.76. The number of aromatic nitrogens is 2. The molecule has 2 aromatic carbocycles. The highest BCUT2D eigenvalue weighted by atomic mass is 16.5. The van der Waals surface area contributed by atoms with Crippen molar-refractivity contribution in [3.05, 3.63) is 65.0 Å². The summed E-state index contributed by atoms with van der Waals surface area (Å²) in [4.78, 5) is 16.9. The smallest absolute Gasteiger partial charge is 0.261 e. The zero-order valence-electron chi connectivity index (χ0n) is 16.7. The normalized spacial score (nSPS) is 11.9. The first-order valence-corrected chi connectivity index (χ1v) is 9.37. The molecule has 0 aliphatic carbocycles. The molecule has 0 saturated carbocycles. The van der Waals surface area contributed by atoms with Gasteiger partial charge in [-0.2, -0.15) is 4.98 Å². The summed E-state index contributed by atoms with van der Waals surface area (Å²) >= 11 is 0. The maximum atomic E-state index is 12.5. The van der Waals surface area contributed by atoms with E-state index in [2.05, 4.69) is 15.5 Å². The molecule has 0 aliphatic rings. The quantitative estimate of drug-likeness (QED) is 0.668. The number of hydrogen-bond acceptors (Lipinski definition) is 5. The number of hydrogen-bond donors (Lipinski definition) is 1. The number of aryl methyl sites for hydroxylation is 3. The second-order valence-electron chi connectivity index (χ2n) is 6.88. The second-order valence-corrected chi connectivity index (χ2v) is 6.88. The van der Waals surface area contributed by atoms with E-state index in [1.54, 1.807) is 0 Å². The Kier molecular flexibility index (Phi) is 6.09. The highest BCUT2D eigenvalue weighted by Crippen LogP contribution is 2.21. The van der Waals surface area contributed by atoms with Gasteiger partial charge in [-0.05, 0) is 44.4 Å². The number of carbonyl (C=O) groups excluding carboxylic acids is 1. The molecule has 0 bridgehead atoms. The predicted molar refractivity (Wildman–Crippen MR) is 107 cm³/mol. The largest absolute Gasteiger partial charge is 0.480 e. The van der Waals surface area contributed by atoms with Crippen molar-refractivity contribution in [2.45, 2.75) is 46.8 Å². The van der Waals surface area contributed by atoms with E-state index >= 15 is 0 Å². The van der Waals surface area contributed by atoms with E-state index in [0.29, 0.717) is 18.1 Å². The van der Waals surface area contributed by atoms with E-state index in [1.807, 2.05) is 70.2 Å². The molecular formula is C22H25N3O3. The minimum atomic E-state index is -0.583. The molecule has 0 fully saturated rings. The van der Waals surface area contributed by atoms with Gasteiger partial charge < -0.3 is 14.6 Å². The first-order valence-electron chi connectivity index (χ1n) is 9.37. The van der Waals surface area contributed by atoms with E-state index in [9.17, 15) is 4.79 Å². The lowest BCUT2D eigenvalue weighted by Crippen LogP contribution is -2.37. The van der Waals surface area contributed by atoms with Crippen LogP contribution in [0.15, 0.2) is 47.0 Å². The highest BCUT2D eigenvalue weighted by molar-refractivity contribution is 5.81. The average molecular weight is 379 g/mol. The lowest BCUT2D eigenvalue weighted by Gasteiger charge is -2.18. The third-order valence-electron chi connectivity index (χ3n) is 4.47. The summed E-state index contributed by atoms with van der Waals surface area (Å²) in [7, 11) is 0. The van der Waals surface area contributed by atoms with Crippen LogP contribution in [-0.2, 0) is 11.3 Å². The van der Waals surface area contributed by atoms with Gasteiger partial charge in [0.2, 0.25) is 11.7 Å². The maximum Gasteiger partial charge on any atom is 0.261 e. The third-order valence-corrected chi connectivity index (χ3v) is 4.47. The molecule has 1 amide bonds. The summed E-state index contributed by atoms with van der Waals surface area (Å²) in [5.74, 6) is 1.37.